The summed E-state index contributed by atoms with van der Waals surface area (Å²) >= 11 is 1.06. The summed E-state index contributed by atoms with van der Waals surface area (Å²) in [6.45, 7) is 4.11. The Morgan fingerprint density at radius 1 is 1.22 bits per heavy atom. The number of benzene rings is 1. The van der Waals surface area contributed by atoms with Crippen molar-refractivity contribution in [2.45, 2.75) is 30.8 Å². The van der Waals surface area contributed by atoms with Crippen LogP contribution < -0.4 is 0 Å². The van der Waals surface area contributed by atoms with E-state index in [9.17, 15) is 13.2 Å². The summed E-state index contributed by atoms with van der Waals surface area (Å²) in [6, 6.07) is 8.70. The maximum Gasteiger partial charge on any atom is 0.405 e. The number of nitrogens with zero attached hydrogens (tertiary/aromatic N) is 1. The van der Waals surface area contributed by atoms with Crippen molar-refractivity contribution in [2.24, 2.45) is 5.92 Å². The molecule has 0 saturated heterocycles. The Hall–Kier alpha value is -1.15. The number of hydrogen-bond acceptors (Lipinski definition) is 2. The lowest BCUT2D eigenvalue weighted by Crippen LogP contribution is -2.23. The fourth-order valence-electron chi connectivity index (χ4n) is 1.33. The normalized spacial score (nSPS) is 13.4. The van der Waals surface area contributed by atoms with Crippen LogP contribution in [0.15, 0.2) is 29.2 Å². The Bertz CT molecular complexity index is 417. The van der Waals surface area contributed by atoms with Gasteiger partial charge in [0.15, 0.2) is 5.92 Å². The summed E-state index contributed by atoms with van der Waals surface area (Å²) in [6.07, 6.45) is -4.44. The van der Waals surface area contributed by atoms with Gasteiger partial charge in [-0.15, -0.1) is 11.8 Å². The molecule has 0 radical (unpaired) electrons. The van der Waals surface area contributed by atoms with Gasteiger partial charge in [0.2, 0.25) is 0 Å². The molecule has 0 heterocycles. The summed E-state index contributed by atoms with van der Waals surface area (Å²) in [4.78, 5) is 0.754. The van der Waals surface area contributed by atoms with Crippen LogP contribution in [-0.2, 0) is 0 Å². The fourth-order valence-corrected chi connectivity index (χ4v) is 2.28. The lowest BCUT2D eigenvalue weighted by atomic mass is 10.0. The number of rotatable bonds is 4. The molecule has 0 aliphatic carbocycles. The SMILES string of the molecule is CC(C)c1ccc(SCC(C#N)C(F)(F)F)cc1. The van der Waals surface area contributed by atoms with Gasteiger partial charge in [-0.25, -0.2) is 0 Å². The van der Waals surface area contributed by atoms with Crippen molar-refractivity contribution in [3.8, 4) is 6.07 Å². The molecular weight excluding hydrogens is 259 g/mol. The number of alkyl halides is 3. The molecule has 0 saturated carbocycles. The van der Waals surface area contributed by atoms with Crippen LogP contribution in [0.5, 0.6) is 0 Å². The Balaban J connectivity index is 2.61. The summed E-state index contributed by atoms with van der Waals surface area (Å²) in [5.74, 6) is -1.78. The highest BCUT2D eigenvalue weighted by Gasteiger charge is 2.39. The molecule has 0 bridgehead atoms. The Labute approximate surface area is 109 Å². The van der Waals surface area contributed by atoms with Gasteiger partial charge in [0.05, 0.1) is 6.07 Å². The van der Waals surface area contributed by atoms with E-state index in [4.69, 9.17) is 5.26 Å². The molecule has 0 N–H and O–H groups in total. The molecule has 0 aliphatic heterocycles. The maximum atomic E-state index is 12.4. The van der Waals surface area contributed by atoms with Crippen LogP contribution in [0.3, 0.4) is 0 Å². The predicted octanol–water partition coefficient (Wildman–Crippen LogP) is 4.60. The van der Waals surface area contributed by atoms with Gasteiger partial charge in [-0.05, 0) is 23.6 Å². The molecule has 5 heteroatoms. The molecule has 18 heavy (non-hydrogen) atoms. The molecule has 1 unspecified atom stereocenters. The van der Waals surface area contributed by atoms with Crippen LogP contribution in [0.25, 0.3) is 0 Å². The Kier molecular flexibility index (Phi) is 5.09. The minimum atomic E-state index is -4.44. The molecule has 1 rings (SSSR count). The standard InChI is InChI=1S/C13H14F3NS/c1-9(2)10-3-5-12(6-4-10)18-8-11(7-17)13(14,15)16/h3-6,9,11H,8H2,1-2H3. The highest BCUT2D eigenvalue weighted by molar-refractivity contribution is 7.99. The molecule has 0 fully saturated rings. The van der Waals surface area contributed by atoms with E-state index < -0.39 is 12.1 Å². The molecule has 1 aromatic carbocycles. The second-order valence-corrected chi connectivity index (χ2v) is 5.35. The van der Waals surface area contributed by atoms with Crippen LogP contribution in [0.1, 0.15) is 25.3 Å². The first-order chi connectivity index (χ1) is 8.34. The fraction of sp³-hybridized carbons (Fsp3) is 0.462. The van der Waals surface area contributed by atoms with Crippen LogP contribution in [0.4, 0.5) is 13.2 Å². The molecule has 1 aromatic rings. The average molecular weight is 273 g/mol. The molecule has 0 aromatic heterocycles. The van der Waals surface area contributed by atoms with Crippen molar-refractivity contribution in [3.63, 3.8) is 0 Å². The first kappa shape index (κ1) is 14.9. The molecule has 0 spiro atoms. The minimum absolute atomic E-state index is 0.263. The van der Waals surface area contributed by atoms with E-state index in [0.717, 1.165) is 22.2 Å². The van der Waals surface area contributed by atoms with Crippen molar-refractivity contribution in [3.05, 3.63) is 29.8 Å². The van der Waals surface area contributed by atoms with E-state index in [0.29, 0.717) is 5.92 Å². The Morgan fingerprint density at radius 3 is 2.17 bits per heavy atom. The van der Waals surface area contributed by atoms with Gasteiger partial charge in [-0.3, -0.25) is 0 Å². The molecule has 1 atom stereocenters. The summed E-state index contributed by atoms with van der Waals surface area (Å²) < 4.78 is 37.1. The van der Waals surface area contributed by atoms with Crippen molar-refractivity contribution >= 4 is 11.8 Å². The molecule has 0 aliphatic rings. The molecule has 1 nitrogen and oxygen atoms in total. The number of halogens is 3. The zero-order chi connectivity index (χ0) is 13.8. The van der Waals surface area contributed by atoms with Gasteiger partial charge in [0.25, 0.3) is 0 Å². The molecule has 0 amide bonds. The smallest absolute Gasteiger partial charge is 0.198 e. The Morgan fingerprint density at radius 2 is 1.78 bits per heavy atom. The second-order valence-electron chi connectivity index (χ2n) is 4.26. The average Bonchev–Trinajstić information content (AvgIpc) is 2.28. The molecule has 98 valence electrons. The quantitative estimate of drug-likeness (QED) is 0.748. The first-order valence-corrected chi connectivity index (χ1v) is 6.52. The second kappa shape index (κ2) is 6.14. The van der Waals surface area contributed by atoms with Gasteiger partial charge < -0.3 is 0 Å². The zero-order valence-corrected chi connectivity index (χ0v) is 11.0. The summed E-state index contributed by atoms with van der Waals surface area (Å²) in [5, 5.41) is 8.47. The van der Waals surface area contributed by atoms with E-state index in [1.165, 1.54) is 6.07 Å². The van der Waals surface area contributed by atoms with Crippen molar-refractivity contribution in [2.75, 3.05) is 5.75 Å². The van der Waals surface area contributed by atoms with Crippen LogP contribution in [-0.4, -0.2) is 11.9 Å². The largest absolute Gasteiger partial charge is 0.405 e. The highest BCUT2D eigenvalue weighted by Crippen LogP contribution is 2.31. The predicted molar refractivity (Wildman–Crippen MR) is 66.4 cm³/mol. The number of hydrogen-bond donors (Lipinski definition) is 0. The van der Waals surface area contributed by atoms with E-state index in [1.807, 2.05) is 12.1 Å². The monoisotopic (exact) mass is 273 g/mol. The van der Waals surface area contributed by atoms with E-state index in [1.54, 1.807) is 12.1 Å². The van der Waals surface area contributed by atoms with E-state index in [2.05, 4.69) is 13.8 Å². The lowest BCUT2D eigenvalue weighted by molar-refractivity contribution is -0.152. The van der Waals surface area contributed by atoms with Crippen LogP contribution in [0, 0.1) is 17.2 Å². The van der Waals surface area contributed by atoms with Gasteiger partial charge in [0.1, 0.15) is 0 Å². The van der Waals surface area contributed by atoms with Gasteiger partial charge in [-0.2, -0.15) is 18.4 Å². The summed E-state index contributed by atoms with van der Waals surface area (Å²) in [7, 11) is 0. The van der Waals surface area contributed by atoms with Gasteiger partial charge in [0, 0.05) is 10.6 Å². The van der Waals surface area contributed by atoms with Crippen molar-refractivity contribution in [1.82, 2.24) is 0 Å². The number of thioether (sulfide) groups is 1. The topological polar surface area (TPSA) is 23.8 Å². The first-order valence-electron chi connectivity index (χ1n) is 5.53. The summed E-state index contributed by atoms with van der Waals surface area (Å²) in [5.41, 5.74) is 1.15. The van der Waals surface area contributed by atoms with Crippen molar-refractivity contribution < 1.29 is 13.2 Å². The van der Waals surface area contributed by atoms with Crippen LogP contribution >= 0.6 is 11.8 Å². The maximum absolute atomic E-state index is 12.4. The molecular formula is C13H14F3NS. The van der Waals surface area contributed by atoms with Gasteiger partial charge in [-0.1, -0.05) is 26.0 Å². The highest BCUT2D eigenvalue weighted by atomic mass is 32.2. The van der Waals surface area contributed by atoms with Crippen molar-refractivity contribution in [1.29, 1.82) is 5.26 Å². The van der Waals surface area contributed by atoms with Crippen LogP contribution in [0.2, 0.25) is 0 Å². The van der Waals surface area contributed by atoms with E-state index >= 15 is 0 Å². The third kappa shape index (κ3) is 4.26. The third-order valence-electron chi connectivity index (χ3n) is 2.51. The third-order valence-corrected chi connectivity index (χ3v) is 3.62. The minimum Gasteiger partial charge on any atom is -0.198 e. The number of nitriles is 1. The zero-order valence-electron chi connectivity index (χ0n) is 10.2. The lowest BCUT2D eigenvalue weighted by Gasteiger charge is -2.12. The van der Waals surface area contributed by atoms with E-state index in [-0.39, 0.29) is 5.75 Å². The van der Waals surface area contributed by atoms with Gasteiger partial charge >= 0.3 is 6.18 Å².